The largest absolute Gasteiger partial charge is 0.485 e. The average molecular weight is 537 g/mol. The van der Waals surface area contributed by atoms with Crippen molar-refractivity contribution in [3.05, 3.63) is 54.1 Å². The molecule has 0 radical (unpaired) electrons. The van der Waals surface area contributed by atoms with E-state index < -0.39 is 12.1 Å². The minimum atomic E-state index is -0.482. The Labute approximate surface area is 230 Å². The van der Waals surface area contributed by atoms with Crippen molar-refractivity contribution in [3.8, 4) is 5.75 Å². The molecule has 9 nitrogen and oxygen atoms in total. The van der Waals surface area contributed by atoms with Crippen LogP contribution < -0.4 is 15.4 Å². The normalized spacial score (nSPS) is 20.6. The van der Waals surface area contributed by atoms with Crippen molar-refractivity contribution in [2.75, 3.05) is 37.4 Å². The van der Waals surface area contributed by atoms with Gasteiger partial charge in [0.25, 0.3) is 5.91 Å². The highest BCUT2D eigenvalue weighted by atomic mass is 16.5. The fourth-order valence-corrected chi connectivity index (χ4v) is 5.25. The number of ether oxygens (including phenoxy) is 1. The van der Waals surface area contributed by atoms with E-state index in [9.17, 15) is 19.5 Å². The number of rotatable bonds is 7. The number of hydrogen-bond donors (Lipinski definition) is 3. The molecule has 1 fully saturated rings. The number of benzene rings is 2. The van der Waals surface area contributed by atoms with Crippen molar-refractivity contribution in [2.24, 2.45) is 11.8 Å². The summed E-state index contributed by atoms with van der Waals surface area (Å²) in [5.74, 6) is -0.265. The van der Waals surface area contributed by atoms with Crippen LogP contribution in [0.15, 0.2) is 48.5 Å². The lowest BCUT2D eigenvalue weighted by molar-refractivity contribution is -0.120. The summed E-state index contributed by atoms with van der Waals surface area (Å²) in [6.07, 6.45) is 4.43. The van der Waals surface area contributed by atoms with Gasteiger partial charge in [-0.15, -0.1) is 0 Å². The molecule has 39 heavy (non-hydrogen) atoms. The van der Waals surface area contributed by atoms with Crippen molar-refractivity contribution in [1.29, 1.82) is 0 Å². The van der Waals surface area contributed by atoms with Crippen LogP contribution >= 0.6 is 0 Å². The van der Waals surface area contributed by atoms with E-state index in [4.69, 9.17) is 4.74 Å². The van der Waals surface area contributed by atoms with Gasteiger partial charge in [0, 0.05) is 31.1 Å². The lowest BCUT2D eigenvalue weighted by atomic mass is 9.88. The van der Waals surface area contributed by atoms with Gasteiger partial charge in [0.1, 0.15) is 6.10 Å². The van der Waals surface area contributed by atoms with Crippen LogP contribution in [0.2, 0.25) is 0 Å². The Balaban J connectivity index is 1.62. The van der Waals surface area contributed by atoms with Gasteiger partial charge in [-0.1, -0.05) is 50.5 Å². The molecular formula is C30H40N4O5. The predicted octanol–water partition coefficient (Wildman–Crippen LogP) is 4.59. The Bertz CT molecular complexity index is 1150. The van der Waals surface area contributed by atoms with Gasteiger partial charge in [0.05, 0.1) is 30.4 Å². The number of likely N-dealkylation sites (N-methyl/N-ethyl adjacent to an activating group) is 1. The van der Waals surface area contributed by atoms with E-state index in [1.54, 1.807) is 42.0 Å². The van der Waals surface area contributed by atoms with E-state index in [2.05, 4.69) is 10.6 Å². The maximum atomic E-state index is 13.7. The summed E-state index contributed by atoms with van der Waals surface area (Å²) in [6, 6.07) is 13.7. The first-order chi connectivity index (χ1) is 18.8. The number of amides is 4. The molecule has 2 aromatic carbocycles. The van der Waals surface area contributed by atoms with E-state index in [0.29, 0.717) is 29.2 Å². The van der Waals surface area contributed by atoms with Crippen molar-refractivity contribution < 1.29 is 24.2 Å². The molecule has 0 aromatic heterocycles. The van der Waals surface area contributed by atoms with Crippen LogP contribution in [0.4, 0.5) is 16.2 Å². The molecule has 1 saturated carbocycles. The molecule has 4 amide bonds. The summed E-state index contributed by atoms with van der Waals surface area (Å²) in [5, 5.41) is 15.8. The number of nitrogens with zero attached hydrogens (tertiary/aromatic N) is 2. The Morgan fingerprint density at radius 3 is 2.49 bits per heavy atom. The second-order valence-electron chi connectivity index (χ2n) is 10.8. The number of anilines is 2. The summed E-state index contributed by atoms with van der Waals surface area (Å²) in [5.41, 5.74) is 1.46. The average Bonchev–Trinajstić information content (AvgIpc) is 2.95. The molecule has 0 bridgehead atoms. The van der Waals surface area contributed by atoms with Gasteiger partial charge < -0.3 is 30.3 Å². The third-order valence-corrected chi connectivity index (χ3v) is 7.75. The lowest BCUT2D eigenvalue weighted by Crippen LogP contribution is -2.50. The van der Waals surface area contributed by atoms with Crippen molar-refractivity contribution >= 4 is 29.2 Å². The minimum absolute atomic E-state index is 0.0627. The maximum Gasteiger partial charge on any atom is 0.321 e. The third-order valence-electron chi connectivity index (χ3n) is 7.75. The van der Waals surface area contributed by atoms with Crippen LogP contribution in [0.1, 0.15) is 56.3 Å². The molecule has 2 aliphatic rings. The lowest BCUT2D eigenvalue weighted by Gasteiger charge is -2.38. The number of fused-ring (bicyclic) bond motifs is 1. The van der Waals surface area contributed by atoms with Gasteiger partial charge in [0.15, 0.2) is 5.75 Å². The summed E-state index contributed by atoms with van der Waals surface area (Å²) in [7, 11) is 1.70. The fourth-order valence-electron chi connectivity index (χ4n) is 5.25. The molecule has 1 heterocycles. The van der Waals surface area contributed by atoms with Gasteiger partial charge in [-0.2, -0.15) is 0 Å². The number of aliphatic hydroxyl groups is 1. The first kappa shape index (κ1) is 28.4. The molecule has 4 rings (SSSR count). The van der Waals surface area contributed by atoms with E-state index >= 15 is 0 Å². The van der Waals surface area contributed by atoms with Gasteiger partial charge in [0.2, 0.25) is 5.91 Å². The summed E-state index contributed by atoms with van der Waals surface area (Å²) < 4.78 is 6.53. The highest BCUT2D eigenvalue weighted by molar-refractivity contribution is 6.02. The van der Waals surface area contributed by atoms with Crippen molar-refractivity contribution in [3.63, 3.8) is 0 Å². The van der Waals surface area contributed by atoms with E-state index in [0.717, 1.165) is 32.1 Å². The molecule has 3 atom stereocenters. The number of hydrogen-bond acceptors (Lipinski definition) is 5. The van der Waals surface area contributed by atoms with Crippen LogP contribution in [0.25, 0.3) is 0 Å². The van der Waals surface area contributed by atoms with E-state index in [1.807, 2.05) is 37.3 Å². The van der Waals surface area contributed by atoms with Gasteiger partial charge in [-0.25, -0.2) is 4.79 Å². The number of aliphatic hydroxyl groups excluding tert-OH is 1. The number of para-hydroxylation sites is 2. The SMILES string of the molecule is C[C@@H]1CN([C@@H](C)CO)C(=O)c2cccc(NC(=O)C3CCCCC3)c2O[C@@H]1CN(C)C(=O)Nc1ccccc1. The standard InChI is InChI=1S/C30H40N4O5/c1-20-17-34(21(2)19-35)29(37)24-15-10-16-25(32-28(36)22-11-6-4-7-12-22)27(24)39-26(20)18-33(3)30(38)31-23-13-8-5-9-14-23/h5,8-10,13-16,20-22,26,35H,4,6-7,11-12,17-19H2,1-3H3,(H,31,38)(H,32,36)/t20-,21+,26-/m1/s1. The number of carbonyl (C=O) groups excluding carboxylic acids is 3. The van der Waals surface area contributed by atoms with E-state index in [-0.39, 0.29) is 42.8 Å². The van der Waals surface area contributed by atoms with E-state index in [1.165, 1.54) is 0 Å². The Hall–Kier alpha value is -3.59. The van der Waals surface area contributed by atoms with Gasteiger partial charge in [-0.05, 0) is 44.0 Å². The third kappa shape index (κ3) is 6.89. The number of nitrogens with one attached hydrogen (secondary N) is 2. The first-order valence-electron chi connectivity index (χ1n) is 13.9. The van der Waals surface area contributed by atoms with Gasteiger partial charge in [-0.3, -0.25) is 9.59 Å². The molecular weight excluding hydrogens is 496 g/mol. The second-order valence-corrected chi connectivity index (χ2v) is 10.8. The Morgan fingerprint density at radius 2 is 1.79 bits per heavy atom. The molecule has 1 aliphatic carbocycles. The van der Waals surface area contributed by atoms with Crippen LogP contribution in [-0.4, -0.2) is 71.6 Å². The highest BCUT2D eigenvalue weighted by Crippen LogP contribution is 2.36. The Morgan fingerprint density at radius 1 is 1.08 bits per heavy atom. The zero-order valence-corrected chi connectivity index (χ0v) is 23.1. The fraction of sp³-hybridized carbons (Fsp3) is 0.500. The molecule has 0 unspecified atom stereocenters. The highest BCUT2D eigenvalue weighted by Gasteiger charge is 2.35. The van der Waals surface area contributed by atoms with Crippen LogP contribution in [0.5, 0.6) is 5.75 Å². The molecule has 1 aliphatic heterocycles. The number of carbonyl (C=O) groups is 3. The first-order valence-corrected chi connectivity index (χ1v) is 13.9. The van der Waals surface area contributed by atoms with Crippen LogP contribution in [0, 0.1) is 11.8 Å². The summed E-state index contributed by atoms with van der Waals surface area (Å²) >= 11 is 0. The van der Waals surface area contributed by atoms with Crippen molar-refractivity contribution in [2.45, 2.75) is 58.1 Å². The molecule has 0 spiro atoms. The quantitative estimate of drug-likeness (QED) is 0.479. The predicted molar refractivity (Wildman–Crippen MR) is 151 cm³/mol. The number of urea groups is 1. The molecule has 2 aromatic rings. The molecule has 0 saturated heterocycles. The summed E-state index contributed by atoms with van der Waals surface area (Å²) in [4.78, 5) is 43.0. The molecule has 3 N–H and O–H groups in total. The molecule has 210 valence electrons. The van der Waals surface area contributed by atoms with Crippen LogP contribution in [0.3, 0.4) is 0 Å². The van der Waals surface area contributed by atoms with Gasteiger partial charge >= 0.3 is 6.03 Å². The smallest absolute Gasteiger partial charge is 0.321 e. The zero-order chi connectivity index (χ0) is 27.9. The van der Waals surface area contributed by atoms with Crippen LogP contribution in [-0.2, 0) is 4.79 Å². The van der Waals surface area contributed by atoms with Crippen molar-refractivity contribution in [1.82, 2.24) is 9.80 Å². The second kappa shape index (κ2) is 13.0. The summed E-state index contributed by atoms with van der Waals surface area (Å²) in [6.45, 7) is 4.18. The monoisotopic (exact) mass is 536 g/mol. The topological polar surface area (TPSA) is 111 Å². The zero-order valence-electron chi connectivity index (χ0n) is 23.1. The molecule has 9 heteroatoms. The maximum absolute atomic E-state index is 13.7. The Kier molecular flexibility index (Phi) is 9.45. The minimum Gasteiger partial charge on any atom is -0.485 e.